The number of thiophene rings is 1. The summed E-state index contributed by atoms with van der Waals surface area (Å²) < 4.78 is 5.41. The zero-order chi connectivity index (χ0) is 22.0. The van der Waals surface area contributed by atoms with Gasteiger partial charge in [-0.1, -0.05) is 0 Å². The number of rotatable bonds is 8. The Morgan fingerprint density at radius 1 is 1.29 bits per heavy atom. The first kappa shape index (κ1) is 21.3. The molecule has 2 heterocycles. The summed E-state index contributed by atoms with van der Waals surface area (Å²) in [6.07, 6.45) is 1.16. The molecule has 0 bridgehead atoms. The van der Waals surface area contributed by atoms with Crippen molar-refractivity contribution in [2.24, 2.45) is 5.92 Å². The minimum Gasteiger partial charge on any atom is -0.442 e. The fourth-order valence-electron chi connectivity index (χ4n) is 3.57. The number of aliphatic hydroxyl groups excluding tert-OH is 1. The summed E-state index contributed by atoms with van der Waals surface area (Å²) in [6.45, 7) is 2.88. The van der Waals surface area contributed by atoms with E-state index >= 15 is 0 Å². The van der Waals surface area contributed by atoms with Crippen LogP contribution in [0.1, 0.15) is 27.4 Å². The van der Waals surface area contributed by atoms with Gasteiger partial charge in [-0.15, -0.1) is 11.3 Å². The molecule has 0 unspecified atom stereocenters. The van der Waals surface area contributed by atoms with Crippen molar-refractivity contribution in [1.29, 1.82) is 5.41 Å². The van der Waals surface area contributed by atoms with Crippen LogP contribution in [0.4, 0.5) is 16.2 Å². The van der Waals surface area contributed by atoms with Crippen molar-refractivity contribution in [1.82, 2.24) is 5.32 Å². The van der Waals surface area contributed by atoms with Crippen LogP contribution in [0, 0.1) is 18.3 Å². The van der Waals surface area contributed by atoms with Crippen LogP contribution in [0.5, 0.6) is 0 Å². The number of anilines is 2. The van der Waals surface area contributed by atoms with Crippen LogP contribution in [-0.2, 0) is 4.74 Å². The molecule has 2 aliphatic rings. The monoisotopic (exact) mass is 442 g/mol. The lowest BCUT2D eigenvalue weighted by Crippen LogP contribution is -2.34. The molecule has 1 aliphatic heterocycles. The van der Waals surface area contributed by atoms with Gasteiger partial charge in [-0.25, -0.2) is 4.79 Å². The largest absolute Gasteiger partial charge is 0.442 e. The van der Waals surface area contributed by atoms with E-state index in [0.29, 0.717) is 29.5 Å². The van der Waals surface area contributed by atoms with Gasteiger partial charge < -0.3 is 20.1 Å². The van der Waals surface area contributed by atoms with Crippen molar-refractivity contribution in [3.05, 3.63) is 46.2 Å². The van der Waals surface area contributed by atoms with Gasteiger partial charge in [-0.05, 0) is 56.2 Å². The van der Waals surface area contributed by atoms with E-state index in [1.807, 2.05) is 42.2 Å². The van der Waals surface area contributed by atoms with E-state index in [4.69, 9.17) is 10.1 Å². The molecule has 0 spiro atoms. The Kier molecular flexibility index (Phi) is 6.24. The standard InChI is InChI=1S/C22H26N4O4S/c1-14-2-9-19(31-14)21(28)24-12-18-13-26(22(29)30-18)17-7-5-16(6-8-17)25(10-11-27)20(23)15-3-4-15/h2,5-9,15,18,23,27H,3-4,10-13H2,1H3,(H,24,28)/t18-/m0/s1. The summed E-state index contributed by atoms with van der Waals surface area (Å²) in [5.74, 6) is 0.631. The molecule has 31 heavy (non-hydrogen) atoms. The molecular weight excluding hydrogens is 416 g/mol. The quantitative estimate of drug-likeness (QED) is 0.430. The highest BCUT2D eigenvalue weighted by Gasteiger charge is 2.33. The first-order valence-corrected chi connectivity index (χ1v) is 11.2. The number of amides is 2. The normalized spacial score (nSPS) is 18.1. The van der Waals surface area contributed by atoms with E-state index in [9.17, 15) is 14.7 Å². The first-order valence-electron chi connectivity index (χ1n) is 10.4. The molecule has 1 aliphatic carbocycles. The number of hydrogen-bond acceptors (Lipinski definition) is 6. The maximum Gasteiger partial charge on any atom is 0.414 e. The van der Waals surface area contributed by atoms with Crippen molar-refractivity contribution >= 4 is 40.5 Å². The Balaban J connectivity index is 1.36. The van der Waals surface area contributed by atoms with Crippen molar-refractivity contribution in [3.63, 3.8) is 0 Å². The van der Waals surface area contributed by atoms with E-state index in [1.54, 1.807) is 11.0 Å². The fraction of sp³-hybridized carbons (Fsp3) is 0.409. The fourth-order valence-corrected chi connectivity index (χ4v) is 4.35. The smallest absolute Gasteiger partial charge is 0.414 e. The third-order valence-corrected chi connectivity index (χ3v) is 6.38. The highest BCUT2D eigenvalue weighted by atomic mass is 32.1. The predicted octanol–water partition coefficient (Wildman–Crippen LogP) is 3.00. The van der Waals surface area contributed by atoms with Crippen LogP contribution in [0.2, 0.25) is 0 Å². The van der Waals surface area contributed by atoms with E-state index in [1.165, 1.54) is 11.3 Å². The number of carbonyl (C=O) groups is 2. The number of hydrogen-bond donors (Lipinski definition) is 3. The third-order valence-electron chi connectivity index (χ3n) is 5.38. The van der Waals surface area contributed by atoms with Crippen LogP contribution in [-0.4, -0.2) is 55.3 Å². The Morgan fingerprint density at radius 3 is 2.65 bits per heavy atom. The summed E-state index contributed by atoms with van der Waals surface area (Å²) >= 11 is 1.43. The average molecular weight is 443 g/mol. The summed E-state index contributed by atoms with van der Waals surface area (Å²) in [5, 5.41) is 20.5. The number of carbonyl (C=O) groups excluding carboxylic acids is 2. The van der Waals surface area contributed by atoms with Gasteiger partial charge in [0.05, 0.1) is 24.6 Å². The Labute approximate surface area is 184 Å². The number of cyclic esters (lactones) is 1. The summed E-state index contributed by atoms with van der Waals surface area (Å²) in [7, 11) is 0. The molecule has 3 N–H and O–H groups in total. The maximum atomic E-state index is 12.3. The number of nitrogens with one attached hydrogen (secondary N) is 2. The van der Waals surface area contributed by atoms with Gasteiger partial charge in [0.25, 0.3) is 5.91 Å². The molecule has 2 aromatic rings. The third kappa shape index (κ3) is 4.88. The molecule has 2 fully saturated rings. The number of amidine groups is 1. The topological polar surface area (TPSA) is 106 Å². The van der Waals surface area contributed by atoms with E-state index < -0.39 is 12.2 Å². The highest BCUT2D eigenvalue weighted by molar-refractivity contribution is 7.13. The lowest BCUT2D eigenvalue weighted by Gasteiger charge is -2.25. The average Bonchev–Trinajstić information content (AvgIpc) is 3.43. The van der Waals surface area contributed by atoms with Gasteiger partial charge in [0.1, 0.15) is 11.9 Å². The number of ether oxygens (including phenoxy) is 1. The van der Waals surface area contributed by atoms with Crippen molar-refractivity contribution in [2.45, 2.75) is 25.9 Å². The zero-order valence-corrected chi connectivity index (χ0v) is 18.2. The number of benzene rings is 1. The molecule has 8 nitrogen and oxygen atoms in total. The van der Waals surface area contributed by atoms with Crippen LogP contribution in [0.3, 0.4) is 0 Å². The Morgan fingerprint density at radius 2 is 2.03 bits per heavy atom. The number of aliphatic hydroxyl groups is 1. The van der Waals surface area contributed by atoms with Crippen LogP contribution >= 0.6 is 11.3 Å². The predicted molar refractivity (Wildman–Crippen MR) is 120 cm³/mol. The molecule has 1 aromatic carbocycles. The van der Waals surface area contributed by atoms with Gasteiger partial charge in [-0.2, -0.15) is 0 Å². The van der Waals surface area contributed by atoms with Gasteiger partial charge in [0, 0.05) is 28.7 Å². The van der Waals surface area contributed by atoms with Crippen molar-refractivity contribution < 1.29 is 19.4 Å². The molecule has 2 amide bonds. The molecule has 1 saturated heterocycles. The summed E-state index contributed by atoms with van der Waals surface area (Å²) in [4.78, 5) is 29.6. The lowest BCUT2D eigenvalue weighted by atomic mass is 10.2. The number of aryl methyl sites for hydroxylation is 1. The molecule has 4 rings (SSSR count). The summed E-state index contributed by atoms with van der Waals surface area (Å²) in [6, 6.07) is 11.0. The van der Waals surface area contributed by atoms with Gasteiger partial charge in [0.15, 0.2) is 0 Å². The second-order valence-electron chi connectivity index (χ2n) is 7.79. The SMILES string of the molecule is Cc1ccc(C(=O)NC[C@H]2CN(c3ccc(N(CCO)C(=N)C4CC4)cc3)C(=O)O2)s1. The molecule has 1 atom stereocenters. The first-order chi connectivity index (χ1) is 15.0. The summed E-state index contributed by atoms with van der Waals surface area (Å²) in [5.41, 5.74) is 1.51. The second-order valence-corrected chi connectivity index (χ2v) is 9.08. The van der Waals surface area contributed by atoms with Crippen LogP contribution < -0.4 is 15.1 Å². The second kappa shape index (κ2) is 9.07. The molecule has 164 valence electrons. The van der Waals surface area contributed by atoms with E-state index in [-0.39, 0.29) is 25.0 Å². The molecular formula is C22H26N4O4S. The van der Waals surface area contributed by atoms with Crippen molar-refractivity contribution in [2.75, 3.05) is 36.0 Å². The van der Waals surface area contributed by atoms with E-state index in [2.05, 4.69) is 5.32 Å². The molecule has 1 aromatic heterocycles. The minimum absolute atomic E-state index is 0.0340. The van der Waals surface area contributed by atoms with Gasteiger partial charge in [-0.3, -0.25) is 15.1 Å². The Hall–Kier alpha value is -2.91. The number of nitrogens with zero attached hydrogens (tertiary/aromatic N) is 2. The lowest BCUT2D eigenvalue weighted by molar-refractivity contribution is 0.0920. The van der Waals surface area contributed by atoms with E-state index in [0.717, 1.165) is 23.4 Å². The maximum absolute atomic E-state index is 12.3. The van der Waals surface area contributed by atoms with Gasteiger partial charge >= 0.3 is 6.09 Å². The van der Waals surface area contributed by atoms with Crippen molar-refractivity contribution in [3.8, 4) is 0 Å². The minimum atomic E-state index is -0.447. The highest BCUT2D eigenvalue weighted by Crippen LogP contribution is 2.33. The van der Waals surface area contributed by atoms with Crippen LogP contribution in [0.15, 0.2) is 36.4 Å². The molecule has 9 heteroatoms. The van der Waals surface area contributed by atoms with Gasteiger partial charge in [0.2, 0.25) is 0 Å². The molecule has 1 saturated carbocycles. The zero-order valence-electron chi connectivity index (χ0n) is 17.3. The van der Waals surface area contributed by atoms with Crippen LogP contribution in [0.25, 0.3) is 0 Å². The molecule has 0 radical (unpaired) electrons. The Bertz CT molecular complexity index is 970.